The van der Waals surface area contributed by atoms with E-state index in [4.69, 9.17) is 0 Å². The largest absolute Gasteiger partial charge is 0.344 e. The fraction of sp³-hybridized carbons (Fsp3) is 0.933. The molecule has 1 saturated heterocycles. The minimum Gasteiger partial charge on any atom is -0.344 e. The Bertz CT molecular complexity index is 284. The molecule has 1 aliphatic heterocycles. The van der Waals surface area contributed by atoms with Crippen molar-refractivity contribution in [2.45, 2.75) is 53.0 Å². The van der Waals surface area contributed by atoms with E-state index in [2.05, 4.69) is 45.2 Å². The van der Waals surface area contributed by atoms with Crippen LogP contribution in [-0.2, 0) is 4.79 Å². The van der Waals surface area contributed by atoms with Crippen LogP contribution in [0.25, 0.3) is 0 Å². The third kappa shape index (κ3) is 4.46. The first-order valence-corrected chi connectivity index (χ1v) is 7.35. The summed E-state index contributed by atoms with van der Waals surface area (Å²) in [6.07, 6.45) is 4.69. The zero-order valence-electron chi connectivity index (χ0n) is 13.5. The molecule has 0 aromatic carbocycles. The number of carbonyl (C=O) groups excluding carboxylic acids is 1. The van der Waals surface area contributed by atoms with Crippen molar-refractivity contribution in [1.82, 2.24) is 15.3 Å². The molecule has 2 rings (SSSR count). The lowest BCUT2D eigenvalue weighted by atomic mass is 9.60. The summed E-state index contributed by atoms with van der Waals surface area (Å²) in [5.41, 5.74) is 4.15. The van der Waals surface area contributed by atoms with Crippen LogP contribution < -0.4 is 5.43 Å². The van der Waals surface area contributed by atoms with Crippen LogP contribution >= 0.6 is 0 Å². The van der Waals surface area contributed by atoms with Crippen molar-refractivity contribution in [3.05, 3.63) is 0 Å². The molecule has 0 radical (unpaired) electrons. The van der Waals surface area contributed by atoms with Gasteiger partial charge in [0.2, 0.25) is 6.41 Å². The van der Waals surface area contributed by atoms with E-state index in [1.54, 1.807) is 0 Å². The molecule has 1 heterocycles. The quantitative estimate of drug-likeness (QED) is 0.630. The molecule has 0 atom stereocenters. The summed E-state index contributed by atoms with van der Waals surface area (Å²) in [7, 11) is 4.02. The highest BCUT2D eigenvalue weighted by atomic mass is 16.1. The Labute approximate surface area is 118 Å². The predicted octanol–water partition coefficient (Wildman–Crippen LogP) is 2.12. The molecule has 2 aliphatic rings. The molecular weight excluding hydrogens is 238 g/mol. The molecule has 0 aromatic rings. The number of likely N-dealkylation sites (tertiary alicyclic amines) is 1. The Kier molecular flexibility index (Phi) is 5.39. The lowest BCUT2D eigenvalue weighted by Crippen LogP contribution is -2.66. The molecule has 1 amide bonds. The molecule has 0 bridgehead atoms. The van der Waals surface area contributed by atoms with E-state index >= 15 is 0 Å². The van der Waals surface area contributed by atoms with Gasteiger partial charge in [-0.25, -0.2) is 5.01 Å². The van der Waals surface area contributed by atoms with Gasteiger partial charge in [0.25, 0.3) is 0 Å². The zero-order valence-corrected chi connectivity index (χ0v) is 13.5. The van der Waals surface area contributed by atoms with Gasteiger partial charge < -0.3 is 4.90 Å². The number of rotatable bonds is 3. The minimum absolute atomic E-state index is 0.483. The third-order valence-electron chi connectivity index (χ3n) is 4.52. The molecule has 4 heteroatoms. The van der Waals surface area contributed by atoms with Gasteiger partial charge in [-0.3, -0.25) is 10.2 Å². The number of nitrogens with one attached hydrogen (secondary N) is 1. The summed E-state index contributed by atoms with van der Waals surface area (Å²) in [5, 5.41) is 2.16. The van der Waals surface area contributed by atoms with Crippen LogP contribution in [0.15, 0.2) is 0 Å². The van der Waals surface area contributed by atoms with E-state index in [1.807, 2.05) is 11.9 Å². The number of nitrogens with zero attached hydrogens (tertiary/aromatic N) is 2. The van der Waals surface area contributed by atoms with E-state index in [-0.39, 0.29) is 0 Å². The highest BCUT2D eigenvalue weighted by molar-refractivity contribution is 5.49. The highest BCUT2D eigenvalue weighted by Crippen LogP contribution is 2.49. The first-order valence-electron chi connectivity index (χ1n) is 7.35. The predicted molar refractivity (Wildman–Crippen MR) is 79.7 cm³/mol. The fourth-order valence-corrected chi connectivity index (χ4v) is 2.54. The molecule has 112 valence electrons. The Hall–Kier alpha value is -0.610. The standard InChI is InChI=1S/C9H17N3O.C6H14/c1-10-11(2)8-3-9(4-8)5-12(6-9)7-13;1-5-6(2,3)4/h7-8,10H,3-6H2,1-2H3;5H2,1-4H3. The second kappa shape index (κ2) is 6.23. The molecule has 0 aromatic heterocycles. The van der Waals surface area contributed by atoms with Crippen LogP contribution in [-0.4, -0.2) is 49.5 Å². The van der Waals surface area contributed by atoms with Crippen LogP contribution in [0.4, 0.5) is 0 Å². The number of carbonyl (C=O) groups is 1. The van der Waals surface area contributed by atoms with Crippen LogP contribution in [0.5, 0.6) is 0 Å². The molecule has 19 heavy (non-hydrogen) atoms. The number of hydrogen-bond donors (Lipinski definition) is 1. The average Bonchev–Trinajstić information content (AvgIpc) is 2.25. The summed E-state index contributed by atoms with van der Waals surface area (Å²) in [5.74, 6) is 0. The third-order valence-corrected chi connectivity index (χ3v) is 4.52. The molecule has 1 saturated carbocycles. The topological polar surface area (TPSA) is 35.6 Å². The molecular formula is C15H31N3O. The van der Waals surface area contributed by atoms with Gasteiger partial charge >= 0.3 is 0 Å². The van der Waals surface area contributed by atoms with Gasteiger partial charge in [0.05, 0.1) is 0 Å². The average molecular weight is 269 g/mol. The van der Waals surface area contributed by atoms with Crippen LogP contribution in [0.2, 0.25) is 0 Å². The van der Waals surface area contributed by atoms with Gasteiger partial charge in [0.1, 0.15) is 0 Å². The smallest absolute Gasteiger partial charge is 0.209 e. The van der Waals surface area contributed by atoms with Gasteiger partial charge in [0, 0.05) is 31.6 Å². The monoisotopic (exact) mass is 269 g/mol. The molecule has 2 fully saturated rings. The van der Waals surface area contributed by atoms with E-state index < -0.39 is 0 Å². The summed E-state index contributed by atoms with van der Waals surface area (Å²) in [6.45, 7) is 10.9. The van der Waals surface area contributed by atoms with Crippen molar-refractivity contribution in [3.8, 4) is 0 Å². The van der Waals surface area contributed by atoms with Crippen molar-refractivity contribution in [1.29, 1.82) is 0 Å². The van der Waals surface area contributed by atoms with Crippen molar-refractivity contribution in [2.75, 3.05) is 27.2 Å². The normalized spacial score (nSPS) is 21.5. The maximum Gasteiger partial charge on any atom is 0.209 e. The maximum absolute atomic E-state index is 10.4. The first-order chi connectivity index (χ1) is 8.75. The van der Waals surface area contributed by atoms with Crippen molar-refractivity contribution in [2.24, 2.45) is 10.8 Å². The molecule has 4 nitrogen and oxygen atoms in total. The van der Waals surface area contributed by atoms with Gasteiger partial charge in [0.15, 0.2) is 0 Å². The number of hydrogen-bond acceptors (Lipinski definition) is 3. The molecule has 1 N–H and O–H groups in total. The van der Waals surface area contributed by atoms with E-state index in [9.17, 15) is 4.79 Å². The second-order valence-electron chi connectivity index (χ2n) is 7.32. The van der Waals surface area contributed by atoms with Gasteiger partial charge in [-0.15, -0.1) is 0 Å². The molecule has 1 spiro atoms. The molecule has 0 unspecified atom stereocenters. The van der Waals surface area contributed by atoms with Crippen LogP contribution in [0, 0.1) is 10.8 Å². The van der Waals surface area contributed by atoms with Crippen LogP contribution in [0.1, 0.15) is 47.0 Å². The van der Waals surface area contributed by atoms with Crippen LogP contribution in [0.3, 0.4) is 0 Å². The van der Waals surface area contributed by atoms with Crippen molar-refractivity contribution in [3.63, 3.8) is 0 Å². The SMILES string of the molecule is CCC(C)(C)C.CNN(C)C1CC2(C1)CN(C=O)C2. The van der Waals surface area contributed by atoms with Crippen molar-refractivity contribution >= 4 is 6.41 Å². The Morgan fingerprint density at radius 1 is 1.37 bits per heavy atom. The zero-order chi connectivity index (χ0) is 14.7. The second-order valence-corrected chi connectivity index (χ2v) is 7.32. The Morgan fingerprint density at radius 3 is 2.16 bits per heavy atom. The van der Waals surface area contributed by atoms with Gasteiger partial charge in [-0.2, -0.15) is 0 Å². The van der Waals surface area contributed by atoms with E-state index in [1.165, 1.54) is 19.3 Å². The number of amides is 1. The van der Waals surface area contributed by atoms with E-state index in [0.717, 1.165) is 19.5 Å². The Balaban J connectivity index is 0.000000258. The lowest BCUT2D eigenvalue weighted by molar-refractivity contribution is -0.145. The lowest BCUT2D eigenvalue weighted by Gasteiger charge is -2.59. The Morgan fingerprint density at radius 2 is 1.84 bits per heavy atom. The van der Waals surface area contributed by atoms with Gasteiger partial charge in [-0.1, -0.05) is 34.1 Å². The molecule has 1 aliphatic carbocycles. The fourth-order valence-electron chi connectivity index (χ4n) is 2.54. The highest BCUT2D eigenvalue weighted by Gasteiger charge is 2.52. The van der Waals surface area contributed by atoms with Crippen molar-refractivity contribution < 1.29 is 4.79 Å². The minimum atomic E-state index is 0.483. The summed E-state index contributed by atoms with van der Waals surface area (Å²) in [6, 6.07) is 0.666. The maximum atomic E-state index is 10.4. The van der Waals surface area contributed by atoms with E-state index in [0.29, 0.717) is 16.9 Å². The number of hydrazine groups is 1. The van der Waals surface area contributed by atoms with Gasteiger partial charge in [-0.05, 0) is 25.3 Å². The summed E-state index contributed by atoms with van der Waals surface area (Å²) >= 11 is 0. The first kappa shape index (κ1) is 16.4. The summed E-state index contributed by atoms with van der Waals surface area (Å²) in [4.78, 5) is 12.2. The summed E-state index contributed by atoms with van der Waals surface area (Å²) < 4.78 is 0.